The maximum Gasteiger partial charge on any atom is 0.420 e. The fourth-order valence-electron chi connectivity index (χ4n) is 4.32. The van der Waals surface area contributed by atoms with Gasteiger partial charge in [-0.05, 0) is 38.0 Å². The van der Waals surface area contributed by atoms with Crippen molar-refractivity contribution < 1.29 is 26.7 Å². The van der Waals surface area contributed by atoms with Crippen molar-refractivity contribution in [1.82, 2.24) is 14.9 Å². The van der Waals surface area contributed by atoms with Crippen molar-refractivity contribution in [3.05, 3.63) is 47.8 Å². The van der Waals surface area contributed by atoms with E-state index in [2.05, 4.69) is 14.9 Å². The molecule has 2 aliphatic heterocycles. The Morgan fingerprint density at radius 1 is 1.03 bits per heavy atom. The number of nitrogens with zero attached hydrogens (tertiary/aromatic N) is 4. The van der Waals surface area contributed by atoms with Gasteiger partial charge in [-0.1, -0.05) is 0 Å². The number of anilines is 1. The molecule has 0 amide bonds. The number of aromatic nitrogens is 2. The third kappa shape index (κ3) is 4.19. The summed E-state index contributed by atoms with van der Waals surface area (Å²) < 4.78 is 71.8. The van der Waals surface area contributed by atoms with Crippen molar-refractivity contribution in [1.29, 1.82) is 0 Å². The molecule has 3 heterocycles. The van der Waals surface area contributed by atoms with Crippen LogP contribution in [-0.4, -0.2) is 52.7 Å². The lowest BCUT2D eigenvalue weighted by Gasteiger charge is -2.50. The van der Waals surface area contributed by atoms with Crippen LogP contribution in [0.25, 0.3) is 0 Å². The molecule has 1 unspecified atom stereocenters. The Morgan fingerprint density at radius 3 is 2.47 bits per heavy atom. The summed E-state index contributed by atoms with van der Waals surface area (Å²) in [6.07, 6.45) is -1.57. The largest absolute Gasteiger partial charge is 0.488 e. The normalized spacial score (nSPS) is 25.1. The Kier molecular flexibility index (Phi) is 5.52. The van der Waals surface area contributed by atoms with Crippen LogP contribution in [0.3, 0.4) is 0 Å². The van der Waals surface area contributed by atoms with Gasteiger partial charge in [0.2, 0.25) is 5.95 Å². The first-order chi connectivity index (χ1) is 14.2. The van der Waals surface area contributed by atoms with E-state index < -0.39 is 29.5 Å². The number of hydrogen-bond donors (Lipinski definition) is 0. The van der Waals surface area contributed by atoms with E-state index in [1.807, 2.05) is 11.8 Å². The quantitative estimate of drug-likeness (QED) is 0.694. The van der Waals surface area contributed by atoms with Gasteiger partial charge >= 0.3 is 6.18 Å². The number of piperidine rings is 1. The maximum absolute atomic E-state index is 13.3. The van der Waals surface area contributed by atoms with E-state index >= 15 is 0 Å². The molecule has 30 heavy (non-hydrogen) atoms. The summed E-state index contributed by atoms with van der Waals surface area (Å²) in [7, 11) is 0. The first kappa shape index (κ1) is 20.8. The van der Waals surface area contributed by atoms with Crippen LogP contribution in [0.2, 0.25) is 0 Å². The minimum atomic E-state index is -4.69. The van der Waals surface area contributed by atoms with E-state index in [1.54, 1.807) is 0 Å². The van der Waals surface area contributed by atoms with Crippen LogP contribution >= 0.6 is 0 Å². The molecule has 2 aliphatic rings. The molecule has 10 heteroatoms. The molecule has 0 aliphatic carbocycles. The Labute approximate surface area is 170 Å². The van der Waals surface area contributed by atoms with Crippen molar-refractivity contribution in [2.75, 3.05) is 24.5 Å². The zero-order valence-electron chi connectivity index (χ0n) is 16.2. The van der Waals surface area contributed by atoms with Crippen LogP contribution in [-0.2, 0) is 6.18 Å². The second-order valence-corrected chi connectivity index (χ2v) is 7.65. The fourth-order valence-corrected chi connectivity index (χ4v) is 4.32. The lowest BCUT2D eigenvalue weighted by atomic mass is 9.92. The number of rotatable bonds is 3. The summed E-state index contributed by atoms with van der Waals surface area (Å²) in [6, 6.07) is 2.69. The minimum Gasteiger partial charge on any atom is -0.488 e. The molecule has 0 radical (unpaired) electrons. The van der Waals surface area contributed by atoms with Crippen LogP contribution < -0.4 is 9.64 Å². The average molecular weight is 428 g/mol. The SMILES string of the molecule is CC1[C@@H]2CC[C@H](Oc3ccc(F)cc3C(F)(F)F)CN2CCN1c1ncc(F)cn1. The number of hydrogen-bond acceptors (Lipinski definition) is 5. The summed E-state index contributed by atoms with van der Waals surface area (Å²) in [6.45, 7) is 3.78. The molecule has 1 aromatic heterocycles. The van der Waals surface area contributed by atoms with Crippen LogP contribution in [0.5, 0.6) is 5.75 Å². The molecule has 3 atom stereocenters. The van der Waals surface area contributed by atoms with E-state index in [0.717, 1.165) is 24.5 Å². The van der Waals surface area contributed by atoms with Gasteiger partial charge in [-0.3, -0.25) is 4.90 Å². The topological polar surface area (TPSA) is 41.5 Å². The van der Waals surface area contributed by atoms with Gasteiger partial charge in [0.05, 0.1) is 12.4 Å². The van der Waals surface area contributed by atoms with Gasteiger partial charge in [0, 0.05) is 31.7 Å². The number of alkyl halides is 3. The van der Waals surface area contributed by atoms with Crippen molar-refractivity contribution in [2.24, 2.45) is 0 Å². The monoisotopic (exact) mass is 428 g/mol. The highest BCUT2D eigenvalue weighted by Crippen LogP contribution is 2.38. The van der Waals surface area contributed by atoms with Crippen molar-refractivity contribution in [3.63, 3.8) is 0 Å². The van der Waals surface area contributed by atoms with E-state index in [9.17, 15) is 22.0 Å². The highest BCUT2D eigenvalue weighted by molar-refractivity contribution is 5.37. The van der Waals surface area contributed by atoms with E-state index in [-0.39, 0.29) is 17.8 Å². The number of benzene rings is 1. The summed E-state index contributed by atoms with van der Waals surface area (Å²) in [5.41, 5.74) is -1.10. The summed E-state index contributed by atoms with van der Waals surface area (Å²) in [5.74, 6) is -1.34. The van der Waals surface area contributed by atoms with Gasteiger partial charge < -0.3 is 9.64 Å². The third-order valence-corrected chi connectivity index (χ3v) is 5.77. The molecular weight excluding hydrogens is 407 g/mol. The van der Waals surface area contributed by atoms with E-state index in [1.165, 1.54) is 0 Å². The van der Waals surface area contributed by atoms with Gasteiger partial charge in [-0.2, -0.15) is 13.2 Å². The molecule has 0 bridgehead atoms. The lowest BCUT2D eigenvalue weighted by molar-refractivity contribution is -0.139. The van der Waals surface area contributed by atoms with Crippen LogP contribution in [0, 0.1) is 11.6 Å². The maximum atomic E-state index is 13.3. The zero-order valence-corrected chi connectivity index (χ0v) is 16.2. The third-order valence-electron chi connectivity index (χ3n) is 5.77. The highest BCUT2D eigenvalue weighted by atomic mass is 19.4. The summed E-state index contributed by atoms with van der Waals surface area (Å²) in [5, 5.41) is 0. The van der Waals surface area contributed by atoms with Crippen molar-refractivity contribution in [3.8, 4) is 5.75 Å². The smallest absolute Gasteiger partial charge is 0.420 e. The number of halogens is 5. The molecule has 2 saturated heterocycles. The zero-order chi connectivity index (χ0) is 21.5. The Balaban J connectivity index is 1.44. The van der Waals surface area contributed by atoms with Gasteiger partial charge in [-0.25, -0.2) is 18.7 Å². The molecule has 2 aromatic rings. The molecular formula is C20H21F5N4O. The molecule has 5 nitrogen and oxygen atoms in total. The van der Waals surface area contributed by atoms with Gasteiger partial charge in [-0.15, -0.1) is 0 Å². The number of fused-ring (bicyclic) bond motifs is 1. The van der Waals surface area contributed by atoms with Crippen LogP contribution in [0.15, 0.2) is 30.6 Å². The second-order valence-electron chi connectivity index (χ2n) is 7.65. The molecule has 0 N–H and O–H groups in total. The van der Waals surface area contributed by atoms with Crippen molar-refractivity contribution >= 4 is 5.95 Å². The van der Waals surface area contributed by atoms with Crippen molar-refractivity contribution in [2.45, 2.75) is 44.1 Å². The molecule has 4 rings (SSSR count). The Bertz CT molecular complexity index is 892. The number of piperazine rings is 1. The molecule has 2 fully saturated rings. The van der Waals surface area contributed by atoms with E-state index in [4.69, 9.17) is 4.74 Å². The molecule has 1 aromatic carbocycles. The van der Waals surface area contributed by atoms with Gasteiger partial charge in [0.25, 0.3) is 0 Å². The number of ether oxygens (including phenoxy) is 1. The Morgan fingerprint density at radius 2 is 1.77 bits per heavy atom. The van der Waals surface area contributed by atoms with Crippen LogP contribution in [0.4, 0.5) is 27.9 Å². The highest BCUT2D eigenvalue weighted by Gasteiger charge is 2.40. The van der Waals surface area contributed by atoms with E-state index in [0.29, 0.717) is 44.5 Å². The second kappa shape index (κ2) is 7.98. The average Bonchev–Trinajstić information content (AvgIpc) is 2.70. The predicted molar refractivity (Wildman–Crippen MR) is 99.2 cm³/mol. The molecule has 162 valence electrons. The lowest BCUT2D eigenvalue weighted by Crippen LogP contribution is -2.62. The minimum absolute atomic E-state index is 0.0571. The van der Waals surface area contributed by atoms with Crippen LogP contribution in [0.1, 0.15) is 25.3 Å². The first-order valence-corrected chi connectivity index (χ1v) is 9.74. The fraction of sp³-hybridized carbons (Fsp3) is 0.500. The summed E-state index contributed by atoms with van der Waals surface area (Å²) in [4.78, 5) is 12.3. The first-order valence-electron chi connectivity index (χ1n) is 9.74. The molecule has 0 saturated carbocycles. The van der Waals surface area contributed by atoms with Gasteiger partial charge in [0.1, 0.15) is 23.2 Å². The Hall–Kier alpha value is -2.49. The predicted octanol–water partition coefficient (Wildman–Crippen LogP) is 3.89. The van der Waals surface area contributed by atoms with Gasteiger partial charge in [0.15, 0.2) is 5.82 Å². The summed E-state index contributed by atoms with van der Waals surface area (Å²) >= 11 is 0. The standard InChI is InChI=1S/C20H21F5N4O/c1-12-17-4-3-15(30-18-5-2-13(21)8-16(18)20(23,24)25)11-28(17)6-7-29(12)19-26-9-14(22)10-27-19/h2,5,8-10,12,15,17H,3-4,6-7,11H2,1H3/t12?,15-,17-/m0/s1. The molecule has 0 spiro atoms.